The first-order valence-electron chi connectivity index (χ1n) is 31.5. The zero-order chi connectivity index (χ0) is 60.9. The van der Waals surface area contributed by atoms with E-state index in [2.05, 4.69) is 89.9 Å². The van der Waals surface area contributed by atoms with Crippen molar-refractivity contribution in [3.8, 4) is 23.4 Å². The molecule has 5 saturated carbocycles. The minimum atomic E-state index is -1.04. The van der Waals surface area contributed by atoms with E-state index < -0.39 is 5.67 Å². The van der Waals surface area contributed by atoms with Crippen LogP contribution < -0.4 is 44.7 Å². The molecule has 1 spiro atoms. The summed E-state index contributed by atoms with van der Waals surface area (Å²) in [6.07, 6.45) is 24.3. The summed E-state index contributed by atoms with van der Waals surface area (Å²) in [6.45, 7) is 19.3. The Hall–Kier alpha value is -6.99. The molecule has 13 rings (SSSR count). The van der Waals surface area contributed by atoms with Crippen LogP contribution in [0.3, 0.4) is 0 Å². The van der Waals surface area contributed by atoms with Crippen molar-refractivity contribution in [3.05, 3.63) is 100 Å². The maximum Gasteiger partial charge on any atom is 0.262 e. The minimum absolute atomic E-state index is 0.134. The lowest BCUT2D eigenvalue weighted by molar-refractivity contribution is -0.0422. The van der Waals surface area contributed by atoms with E-state index in [1.807, 2.05) is 42.1 Å². The first kappa shape index (κ1) is 62.6. The van der Waals surface area contributed by atoms with Crippen LogP contribution in [0.15, 0.2) is 73.3 Å². The Bertz CT molecular complexity index is 3240. The summed E-state index contributed by atoms with van der Waals surface area (Å²) < 4.78 is 49.9. The average molecular weight is 1250 g/mol. The van der Waals surface area contributed by atoms with Crippen molar-refractivity contribution in [2.75, 3.05) is 105 Å². The predicted molar refractivity (Wildman–Crippen MR) is 341 cm³/mol. The monoisotopic (exact) mass is 1240 g/mol. The van der Waals surface area contributed by atoms with E-state index in [4.69, 9.17) is 58.2 Å². The molecule has 6 aromatic rings. The molecule has 6 heterocycles. The van der Waals surface area contributed by atoms with Crippen molar-refractivity contribution in [2.45, 2.75) is 134 Å². The molecule has 0 radical (unpaired) electrons. The van der Waals surface area contributed by atoms with Crippen LogP contribution in [0.4, 0.5) is 50.7 Å². The van der Waals surface area contributed by atoms with Gasteiger partial charge in [-0.3, -0.25) is 4.68 Å². The predicted octanol–water partition coefficient (Wildman–Crippen LogP) is 14.0. The van der Waals surface area contributed by atoms with E-state index in [1.54, 1.807) is 26.4 Å². The summed E-state index contributed by atoms with van der Waals surface area (Å²) in [5.74, 6) is 4.77. The third kappa shape index (κ3) is 16.8. The van der Waals surface area contributed by atoms with Crippen LogP contribution in [-0.4, -0.2) is 131 Å². The molecule has 2 aliphatic heterocycles. The fraction of sp³-hybridized carbons (Fsp3) is 0.569. The van der Waals surface area contributed by atoms with Crippen molar-refractivity contribution >= 4 is 69.5 Å². The van der Waals surface area contributed by atoms with Crippen LogP contribution in [-0.2, 0) is 9.47 Å². The number of rotatable bonds is 19. The van der Waals surface area contributed by atoms with Crippen molar-refractivity contribution in [3.63, 3.8) is 0 Å². The molecular weight excluding hydrogens is 1160 g/mol. The highest BCUT2D eigenvalue weighted by Gasteiger charge is 2.48. The largest absolute Gasteiger partial charge is 0.490 e. The summed E-state index contributed by atoms with van der Waals surface area (Å²) in [5.41, 5.74) is 5.52. The molecule has 4 aromatic heterocycles. The topological polar surface area (TPSA) is 197 Å². The molecule has 5 aliphatic carbocycles. The lowest BCUT2D eigenvalue weighted by Crippen LogP contribution is -2.44. The van der Waals surface area contributed by atoms with E-state index in [0.717, 1.165) is 101 Å². The van der Waals surface area contributed by atoms with E-state index >= 15 is 0 Å². The molecule has 2 saturated heterocycles. The van der Waals surface area contributed by atoms with E-state index in [9.17, 15) is 4.39 Å². The number of morpholine rings is 2. The van der Waals surface area contributed by atoms with Crippen LogP contribution in [0.1, 0.15) is 121 Å². The first-order chi connectivity index (χ1) is 42.8. The fourth-order valence-electron chi connectivity index (χ4n) is 12.6. The zero-order valence-corrected chi connectivity index (χ0v) is 52.4. The normalized spacial score (nSPS) is 22.4. The number of aromatic nitrogens is 8. The van der Waals surface area contributed by atoms with Gasteiger partial charge in [0.2, 0.25) is 35.6 Å². The Morgan fingerprint density at radius 2 is 1.12 bits per heavy atom. The molecule has 470 valence electrons. The van der Waals surface area contributed by atoms with E-state index in [0.29, 0.717) is 113 Å². The summed E-state index contributed by atoms with van der Waals surface area (Å²) in [6, 6.07) is 16.9. The fourth-order valence-corrected chi connectivity index (χ4v) is 12.9. The van der Waals surface area contributed by atoms with E-state index in [-0.39, 0.29) is 6.04 Å². The van der Waals surface area contributed by atoms with Crippen molar-refractivity contribution < 1.29 is 32.8 Å². The van der Waals surface area contributed by atoms with Gasteiger partial charge in [0.1, 0.15) is 15.7 Å². The molecule has 0 bridgehead atoms. The number of alkyl halides is 1. The molecule has 0 unspecified atom stereocenters. The number of hydrogen-bond donors (Lipinski definition) is 3. The number of benzene rings is 2. The molecular formula is C65H83Cl2FN14O6. The van der Waals surface area contributed by atoms with Gasteiger partial charge in [-0.05, 0) is 150 Å². The van der Waals surface area contributed by atoms with Gasteiger partial charge in [-0.1, -0.05) is 48.9 Å². The van der Waals surface area contributed by atoms with Gasteiger partial charge < -0.3 is 59.0 Å². The van der Waals surface area contributed by atoms with Crippen molar-refractivity contribution in [2.24, 2.45) is 23.2 Å². The highest BCUT2D eigenvalue weighted by atomic mass is 35.5. The number of anilines is 8. The quantitative estimate of drug-likeness (QED) is 0.0647. The molecule has 3 N–H and O–H groups in total. The number of halogens is 3. The minimum Gasteiger partial charge on any atom is -0.490 e. The Morgan fingerprint density at radius 3 is 1.64 bits per heavy atom. The number of methoxy groups -OCH3 is 1. The Balaban J connectivity index is 0.000000136. The maximum absolute atomic E-state index is 14.0. The second-order valence-electron chi connectivity index (χ2n) is 24.9. The average Bonchev–Trinajstić information content (AvgIpc) is 1.71. The highest BCUT2D eigenvalue weighted by Crippen LogP contribution is 2.58. The van der Waals surface area contributed by atoms with Crippen molar-refractivity contribution in [1.82, 2.24) is 39.7 Å². The third-order valence-electron chi connectivity index (χ3n) is 18.3. The van der Waals surface area contributed by atoms with Gasteiger partial charge >= 0.3 is 0 Å². The van der Waals surface area contributed by atoms with Gasteiger partial charge in [-0.2, -0.15) is 20.1 Å². The highest BCUT2D eigenvalue weighted by molar-refractivity contribution is 6.32. The molecule has 7 fully saturated rings. The Morgan fingerprint density at radius 1 is 0.636 bits per heavy atom. The molecule has 0 atom stereocenters. The van der Waals surface area contributed by atoms with Gasteiger partial charge in [0.15, 0.2) is 5.75 Å². The van der Waals surface area contributed by atoms with Gasteiger partial charge in [0, 0.05) is 68.0 Å². The van der Waals surface area contributed by atoms with E-state index in [1.165, 1.54) is 81.8 Å². The number of ether oxygens (including phenoxy) is 6. The van der Waals surface area contributed by atoms with Gasteiger partial charge in [-0.25, -0.2) is 25.9 Å². The number of nitrogens with one attached hydrogen (secondary N) is 3. The lowest BCUT2D eigenvalue weighted by atomic mass is 9.52. The van der Waals surface area contributed by atoms with Crippen LogP contribution in [0, 0.1) is 36.7 Å². The molecule has 0 amide bonds. The van der Waals surface area contributed by atoms with Gasteiger partial charge in [0.25, 0.3) is 5.88 Å². The molecule has 7 aliphatic rings. The summed E-state index contributed by atoms with van der Waals surface area (Å²) >= 11 is 12.5. The second kappa shape index (κ2) is 29.5. The van der Waals surface area contributed by atoms with Gasteiger partial charge in [-0.15, -0.1) is 0 Å². The lowest BCUT2D eigenvalue weighted by Gasteiger charge is -2.54. The summed E-state index contributed by atoms with van der Waals surface area (Å²) in [7, 11) is 1.61. The molecule has 20 nitrogen and oxygen atoms in total. The van der Waals surface area contributed by atoms with Crippen LogP contribution in [0.5, 0.6) is 23.4 Å². The summed E-state index contributed by atoms with van der Waals surface area (Å²) in [4.78, 5) is 34.5. The van der Waals surface area contributed by atoms with Crippen LogP contribution in [0.2, 0.25) is 10.0 Å². The zero-order valence-electron chi connectivity index (χ0n) is 50.9. The second-order valence-corrected chi connectivity index (χ2v) is 25.7. The number of nitrogens with zero attached hydrogens (tertiary/aromatic N) is 11. The maximum atomic E-state index is 14.0. The first-order valence-corrected chi connectivity index (χ1v) is 32.2. The van der Waals surface area contributed by atoms with Gasteiger partial charge in [0.05, 0.1) is 89.4 Å². The molecule has 23 heteroatoms. The molecule has 2 aromatic carbocycles. The van der Waals surface area contributed by atoms with Crippen LogP contribution >= 0.6 is 23.2 Å². The Kier molecular flexibility index (Phi) is 21.0. The number of hydrogen-bond acceptors (Lipinski definition) is 18. The SMILES string of the molecule is CC1(F)CCC(COc2nc(Nc3ccc(N4CCOCC4)cc3)ncc2Cl)CC1.COc1cnc(Nc2ccc(N3CCOCC3)cc2)nc1OCC1CCCCC1.[C-]#[N+]C1CC(n2cc(Nc3ncc(Cl)c(OCC4CC5(CCC5)C4)n3)c(C)n2)C1. The summed E-state index contributed by atoms with van der Waals surface area (Å²) in [5, 5.41) is 15.1. The Labute approximate surface area is 526 Å². The smallest absolute Gasteiger partial charge is 0.262 e. The van der Waals surface area contributed by atoms with Crippen LogP contribution in [0.25, 0.3) is 4.85 Å². The molecule has 88 heavy (non-hydrogen) atoms. The van der Waals surface area contributed by atoms with Crippen molar-refractivity contribution in [1.29, 1.82) is 0 Å². The third-order valence-corrected chi connectivity index (χ3v) is 18.8. The standard InChI is InChI=1S/C22H28ClFN4O2.C22H30N4O3.C21H25ClN6O/c1-22(24)8-6-16(7-9-22)15-30-20-19(23)14-25-21(27-20)26-17-2-4-18(5-3-17)28-10-12-29-13-11-28;1-27-20-15-23-22(25-21(20)29-16-17-5-3-2-4-6-17)24-18-7-9-19(10-8-18)26-11-13-28-14-12-26;1-13-18(11-28(27-13)16-6-15(7-16)23-2)25-20-24-10-17(22)19(26-20)29-12-14-8-21(9-14)4-3-5-21/h2-5,14,16H,6-13,15H2,1H3,(H,25,26,27);7-10,15,17H,2-6,11-14,16H2,1H3,(H,23,24,25);10-11,14-16H,3-9,12H2,1H3,(H,24,25,26). The number of aryl methyl sites for hydroxylation is 1.